The van der Waals surface area contributed by atoms with Crippen molar-refractivity contribution in [2.75, 3.05) is 52.9 Å². The number of carbonyl (C=O) groups excluding carboxylic acids is 2. The normalized spacial score (nSPS) is 22.4. The van der Waals surface area contributed by atoms with Gasteiger partial charge in [-0.15, -0.1) is 0 Å². The van der Waals surface area contributed by atoms with Crippen molar-refractivity contribution in [2.45, 2.75) is 19.3 Å². The van der Waals surface area contributed by atoms with Gasteiger partial charge in [-0.25, -0.2) is 0 Å². The summed E-state index contributed by atoms with van der Waals surface area (Å²) in [5, 5.41) is 3.91. The summed E-state index contributed by atoms with van der Waals surface area (Å²) in [5.74, 6) is 0.658. The van der Waals surface area contributed by atoms with E-state index in [-0.39, 0.29) is 17.2 Å². The van der Waals surface area contributed by atoms with Gasteiger partial charge in [-0.3, -0.25) is 14.6 Å². The van der Waals surface area contributed by atoms with E-state index in [1.807, 2.05) is 29.2 Å². The molecule has 0 bridgehead atoms. The molecule has 36 heavy (non-hydrogen) atoms. The number of fused-ring (bicyclic) bond motifs is 1. The summed E-state index contributed by atoms with van der Waals surface area (Å²) in [6.07, 6.45) is 13.7. The van der Waals surface area contributed by atoms with E-state index in [1.165, 1.54) is 0 Å². The van der Waals surface area contributed by atoms with E-state index in [1.54, 1.807) is 24.5 Å². The standard InChI is InChI=1S/C28H35N5O3/c1-3-23(32-15-13-31(2)14-16-32)5-4-6-26(34)33-11-8-28(9-12-33)18-22(28)19-30-27(35)24-17-21-7-10-29-20-25(21)36-24/h3-7,10,17,20,22H,1,8-9,11-16,18-19H2,2H3,(H,30,35)/b6-4+,23-5+. The molecule has 190 valence electrons. The number of pyridine rings is 1. The number of hydrogen-bond acceptors (Lipinski definition) is 6. The Balaban J connectivity index is 1.07. The van der Waals surface area contributed by atoms with Crippen LogP contribution in [0, 0.1) is 11.3 Å². The van der Waals surface area contributed by atoms with E-state index in [4.69, 9.17) is 4.42 Å². The first-order valence-corrected chi connectivity index (χ1v) is 12.8. The molecule has 8 nitrogen and oxygen atoms in total. The summed E-state index contributed by atoms with van der Waals surface area (Å²) in [5.41, 5.74) is 1.93. The average molecular weight is 490 g/mol. The van der Waals surface area contributed by atoms with E-state index >= 15 is 0 Å². The van der Waals surface area contributed by atoms with Crippen LogP contribution in [0.15, 0.2) is 65.5 Å². The van der Waals surface area contributed by atoms with Gasteiger partial charge in [0.2, 0.25) is 5.91 Å². The number of piperidine rings is 1. The molecule has 4 heterocycles. The van der Waals surface area contributed by atoms with Gasteiger partial charge in [-0.2, -0.15) is 0 Å². The van der Waals surface area contributed by atoms with Gasteiger partial charge in [0.1, 0.15) is 0 Å². The lowest BCUT2D eigenvalue weighted by molar-refractivity contribution is -0.127. The fourth-order valence-corrected chi connectivity index (χ4v) is 5.51. The summed E-state index contributed by atoms with van der Waals surface area (Å²) in [7, 11) is 2.14. The van der Waals surface area contributed by atoms with Crippen molar-refractivity contribution in [3.8, 4) is 0 Å². The number of carbonyl (C=O) groups is 2. The van der Waals surface area contributed by atoms with Crippen LogP contribution in [0.2, 0.25) is 0 Å². The highest BCUT2D eigenvalue weighted by molar-refractivity contribution is 5.95. The molecule has 3 fully saturated rings. The molecule has 0 aromatic carbocycles. The Morgan fingerprint density at radius 3 is 2.69 bits per heavy atom. The van der Waals surface area contributed by atoms with Crippen molar-refractivity contribution in [1.82, 2.24) is 25.0 Å². The number of likely N-dealkylation sites (N-methyl/N-ethyl adjacent to an activating group) is 1. The average Bonchev–Trinajstić information content (AvgIpc) is 3.37. The molecule has 1 N–H and O–H groups in total. The molecule has 2 amide bonds. The fraction of sp³-hybridized carbons (Fsp3) is 0.464. The molecule has 2 aromatic rings. The fourth-order valence-electron chi connectivity index (χ4n) is 5.51. The maximum absolute atomic E-state index is 12.7. The van der Waals surface area contributed by atoms with Crippen LogP contribution in [0.4, 0.5) is 0 Å². The number of piperazine rings is 1. The van der Waals surface area contributed by atoms with Crippen molar-refractivity contribution in [2.24, 2.45) is 11.3 Å². The lowest BCUT2D eigenvalue weighted by Crippen LogP contribution is -2.43. The quantitative estimate of drug-likeness (QED) is 0.476. The topological polar surface area (TPSA) is 81.9 Å². The second kappa shape index (κ2) is 10.3. The van der Waals surface area contributed by atoms with Crippen LogP contribution in [0.5, 0.6) is 0 Å². The van der Waals surface area contributed by atoms with E-state index in [0.29, 0.717) is 23.8 Å². The minimum Gasteiger partial charge on any atom is -0.449 e. The number of hydrogen-bond donors (Lipinski definition) is 1. The number of allylic oxidation sites excluding steroid dienone is 3. The lowest BCUT2D eigenvalue weighted by Gasteiger charge is -2.34. The van der Waals surface area contributed by atoms with E-state index in [2.05, 4.69) is 33.7 Å². The minimum absolute atomic E-state index is 0.0627. The van der Waals surface area contributed by atoms with Gasteiger partial charge >= 0.3 is 0 Å². The predicted octanol–water partition coefficient (Wildman–Crippen LogP) is 3.06. The van der Waals surface area contributed by atoms with Gasteiger partial charge in [0, 0.05) is 69.2 Å². The Morgan fingerprint density at radius 2 is 1.97 bits per heavy atom. The van der Waals surface area contributed by atoms with Crippen LogP contribution in [-0.4, -0.2) is 84.4 Å². The van der Waals surface area contributed by atoms with Gasteiger partial charge < -0.3 is 24.4 Å². The predicted molar refractivity (Wildman–Crippen MR) is 139 cm³/mol. The van der Waals surface area contributed by atoms with E-state index in [0.717, 1.165) is 69.6 Å². The van der Waals surface area contributed by atoms with Crippen molar-refractivity contribution < 1.29 is 14.0 Å². The first kappa shape index (κ1) is 24.3. The third-order valence-corrected chi connectivity index (χ3v) is 8.07. The van der Waals surface area contributed by atoms with Gasteiger partial charge in [0.15, 0.2) is 11.3 Å². The van der Waals surface area contributed by atoms with Crippen LogP contribution >= 0.6 is 0 Å². The minimum atomic E-state index is -0.186. The van der Waals surface area contributed by atoms with Crippen molar-refractivity contribution in [3.63, 3.8) is 0 Å². The van der Waals surface area contributed by atoms with Gasteiger partial charge in [0.25, 0.3) is 5.91 Å². The Labute approximate surface area is 212 Å². The molecule has 1 unspecified atom stereocenters. The molecule has 8 heteroatoms. The SMILES string of the molecule is C=C/C(=C\C=C\C(=O)N1CCC2(CC1)CC2CNC(=O)c1cc2ccncc2o1)N1CCN(C)CC1. The lowest BCUT2D eigenvalue weighted by atomic mass is 9.90. The number of aromatic nitrogens is 1. The number of furan rings is 1. The first-order valence-electron chi connectivity index (χ1n) is 12.8. The molecule has 0 radical (unpaired) electrons. The van der Waals surface area contributed by atoms with Crippen LogP contribution in [0.1, 0.15) is 29.8 Å². The number of nitrogens with one attached hydrogen (secondary N) is 1. The maximum atomic E-state index is 12.7. The summed E-state index contributed by atoms with van der Waals surface area (Å²) >= 11 is 0. The van der Waals surface area contributed by atoms with Gasteiger partial charge in [-0.05, 0) is 61.9 Å². The largest absolute Gasteiger partial charge is 0.449 e. The maximum Gasteiger partial charge on any atom is 0.287 e. The third-order valence-electron chi connectivity index (χ3n) is 8.07. The number of likely N-dealkylation sites (tertiary alicyclic amines) is 1. The second-order valence-corrected chi connectivity index (χ2v) is 10.3. The summed E-state index contributed by atoms with van der Waals surface area (Å²) in [6, 6.07) is 3.59. The van der Waals surface area contributed by atoms with Crippen LogP contribution in [-0.2, 0) is 4.79 Å². The van der Waals surface area contributed by atoms with E-state index < -0.39 is 0 Å². The van der Waals surface area contributed by atoms with Gasteiger partial charge in [0.05, 0.1) is 6.20 Å². The second-order valence-electron chi connectivity index (χ2n) is 10.3. The van der Waals surface area contributed by atoms with Crippen LogP contribution < -0.4 is 5.32 Å². The molecule has 3 aliphatic rings. The van der Waals surface area contributed by atoms with E-state index in [9.17, 15) is 9.59 Å². The summed E-state index contributed by atoms with van der Waals surface area (Å²) < 4.78 is 5.61. The molecule has 1 saturated carbocycles. The highest BCUT2D eigenvalue weighted by atomic mass is 16.3. The molecule has 2 aliphatic heterocycles. The van der Waals surface area contributed by atoms with Crippen molar-refractivity contribution in [3.05, 3.63) is 66.9 Å². The summed E-state index contributed by atoms with van der Waals surface area (Å²) in [4.78, 5) is 35.9. The molecule has 5 rings (SSSR count). The number of rotatable bonds is 7. The molecule has 1 atom stereocenters. The van der Waals surface area contributed by atoms with Crippen molar-refractivity contribution >= 4 is 22.8 Å². The highest BCUT2D eigenvalue weighted by Gasteiger charge is 2.54. The molecule has 2 aromatic heterocycles. The Morgan fingerprint density at radius 1 is 1.19 bits per heavy atom. The van der Waals surface area contributed by atoms with Crippen LogP contribution in [0.25, 0.3) is 11.0 Å². The molecule has 1 aliphatic carbocycles. The number of nitrogens with zero attached hydrogens (tertiary/aromatic N) is 4. The zero-order valence-corrected chi connectivity index (χ0v) is 21.0. The third kappa shape index (κ3) is 5.23. The molecular formula is C28H35N5O3. The smallest absolute Gasteiger partial charge is 0.287 e. The zero-order chi connectivity index (χ0) is 25.1. The Hall–Kier alpha value is -3.39. The monoisotopic (exact) mass is 489 g/mol. The Kier molecular flexibility index (Phi) is 6.96. The molecular weight excluding hydrogens is 454 g/mol. The van der Waals surface area contributed by atoms with Gasteiger partial charge in [-0.1, -0.05) is 12.7 Å². The Bertz CT molecular complexity index is 1150. The first-order chi connectivity index (χ1) is 17.5. The zero-order valence-electron chi connectivity index (χ0n) is 21.0. The molecule has 1 spiro atoms. The number of amides is 2. The van der Waals surface area contributed by atoms with Crippen LogP contribution in [0.3, 0.4) is 0 Å². The highest BCUT2D eigenvalue weighted by Crippen LogP contribution is 2.59. The molecule has 2 saturated heterocycles. The summed E-state index contributed by atoms with van der Waals surface area (Å²) in [6.45, 7) is 10.1. The van der Waals surface area contributed by atoms with Crippen molar-refractivity contribution in [1.29, 1.82) is 0 Å².